The van der Waals surface area contributed by atoms with Crippen LogP contribution in [0.3, 0.4) is 0 Å². The first-order valence-electron chi connectivity index (χ1n) is 5.31. The highest BCUT2D eigenvalue weighted by molar-refractivity contribution is 7.41. The highest BCUT2D eigenvalue weighted by Gasteiger charge is 2.38. The van der Waals surface area contributed by atoms with Gasteiger partial charge in [-0.3, -0.25) is 0 Å². The average Bonchev–Trinajstić information content (AvgIpc) is 1.81. The Morgan fingerprint density at radius 1 is 0.846 bits per heavy atom. The Bertz CT molecular complexity index is 159. The molecule has 0 bridgehead atoms. The van der Waals surface area contributed by atoms with Gasteiger partial charge in [-0.25, -0.2) is 0 Å². The smallest absolute Gasteiger partial charge is 0.00996 e. The van der Waals surface area contributed by atoms with Gasteiger partial charge in [-0.2, -0.15) is 0 Å². The molecule has 0 spiro atoms. The molecule has 0 nitrogen and oxygen atoms in total. The summed E-state index contributed by atoms with van der Waals surface area (Å²) in [4.78, 5) is 0. The highest BCUT2D eigenvalue weighted by atomic mass is 31.1. The normalized spacial score (nSPS) is 19.4. The van der Waals surface area contributed by atoms with Gasteiger partial charge in [0, 0.05) is 0 Å². The zero-order valence-electron chi connectivity index (χ0n) is 10.7. The van der Waals surface area contributed by atoms with Crippen LogP contribution in [0, 0.1) is 5.41 Å². The zero-order valence-corrected chi connectivity index (χ0v) is 11.7. The van der Waals surface area contributed by atoms with Crippen LogP contribution in [-0.4, -0.2) is 10.3 Å². The maximum atomic E-state index is 2.44. The lowest BCUT2D eigenvalue weighted by Crippen LogP contribution is -2.37. The van der Waals surface area contributed by atoms with Gasteiger partial charge in [-0.05, 0) is 22.1 Å². The quantitative estimate of drug-likeness (QED) is 0.570. The second kappa shape index (κ2) is 3.89. The summed E-state index contributed by atoms with van der Waals surface area (Å²) in [6, 6.07) is 0. The number of hydrogen-bond acceptors (Lipinski definition) is 0. The molecule has 0 N–H and O–H groups in total. The van der Waals surface area contributed by atoms with Gasteiger partial charge < -0.3 is 0 Å². The molecule has 0 aliphatic heterocycles. The lowest BCUT2D eigenvalue weighted by atomic mass is 9.79. The predicted octanol–water partition coefficient (Wildman–Crippen LogP) is 4.68. The van der Waals surface area contributed by atoms with Crippen LogP contribution in [0.15, 0.2) is 0 Å². The van der Waals surface area contributed by atoms with Crippen molar-refractivity contribution in [1.29, 1.82) is 0 Å². The molecular weight excluding hydrogens is 175 g/mol. The van der Waals surface area contributed by atoms with E-state index in [1.165, 1.54) is 6.42 Å². The second-order valence-corrected chi connectivity index (χ2v) is 9.16. The first kappa shape index (κ1) is 13.4. The molecule has 1 heteroatoms. The van der Waals surface area contributed by atoms with Crippen molar-refractivity contribution in [2.75, 3.05) is 0 Å². The first-order chi connectivity index (χ1) is 5.52. The summed E-state index contributed by atoms with van der Waals surface area (Å²) in [5.74, 6) is 0. The SMILES string of the molecule is CCC(C)(PC(C)(C)C)C(C)(C)C. The lowest BCUT2D eigenvalue weighted by Gasteiger charge is -2.45. The summed E-state index contributed by atoms with van der Waals surface area (Å²) in [7, 11) is 1.04. The van der Waals surface area contributed by atoms with Crippen molar-refractivity contribution in [3.8, 4) is 0 Å². The average molecular weight is 202 g/mol. The van der Waals surface area contributed by atoms with Crippen LogP contribution in [0.2, 0.25) is 0 Å². The van der Waals surface area contributed by atoms with Gasteiger partial charge in [-0.1, -0.05) is 55.4 Å². The Kier molecular flexibility index (Phi) is 4.02. The molecular formula is C12H27P. The molecule has 2 atom stereocenters. The molecule has 0 rings (SSSR count). The summed E-state index contributed by atoms with van der Waals surface area (Å²) >= 11 is 0. The third kappa shape index (κ3) is 3.98. The molecule has 0 heterocycles. The Morgan fingerprint density at radius 2 is 1.23 bits per heavy atom. The fourth-order valence-corrected chi connectivity index (χ4v) is 3.84. The maximum Gasteiger partial charge on any atom is -0.00996 e. The molecule has 0 aromatic heterocycles. The maximum absolute atomic E-state index is 2.44. The standard InChI is InChI=1S/C12H27P/c1-9-12(8,10(2,3)4)13-11(5,6)7/h13H,9H2,1-8H3. The predicted molar refractivity (Wildman–Crippen MR) is 66.2 cm³/mol. The van der Waals surface area contributed by atoms with Crippen molar-refractivity contribution < 1.29 is 0 Å². The molecule has 0 radical (unpaired) electrons. The van der Waals surface area contributed by atoms with Gasteiger partial charge in [0.1, 0.15) is 0 Å². The van der Waals surface area contributed by atoms with E-state index in [-0.39, 0.29) is 0 Å². The summed E-state index contributed by atoms with van der Waals surface area (Å²) in [5.41, 5.74) is 0.424. The fourth-order valence-electron chi connectivity index (χ4n) is 1.63. The van der Waals surface area contributed by atoms with Gasteiger partial charge >= 0.3 is 0 Å². The third-order valence-electron chi connectivity index (χ3n) is 3.01. The van der Waals surface area contributed by atoms with E-state index in [0.717, 1.165) is 8.58 Å². The molecule has 0 saturated heterocycles. The minimum Gasteiger partial charge on any atom is -0.110 e. The van der Waals surface area contributed by atoms with E-state index in [0.29, 0.717) is 15.7 Å². The summed E-state index contributed by atoms with van der Waals surface area (Å²) in [6.07, 6.45) is 1.28. The van der Waals surface area contributed by atoms with Crippen molar-refractivity contribution in [2.24, 2.45) is 5.41 Å². The van der Waals surface area contributed by atoms with Crippen LogP contribution in [0.1, 0.15) is 61.8 Å². The summed E-state index contributed by atoms with van der Waals surface area (Å²) < 4.78 is 0. The molecule has 0 aliphatic rings. The van der Waals surface area contributed by atoms with Crippen LogP contribution >= 0.6 is 8.58 Å². The monoisotopic (exact) mass is 202 g/mol. The van der Waals surface area contributed by atoms with E-state index < -0.39 is 0 Å². The first-order valence-corrected chi connectivity index (χ1v) is 6.31. The zero-order chi connectivity index (χ0) is 10.9. The molecule has 13 heavy (non-hydrogen) atoms. The van der Waals surface area contributed by atoms with Crippen molar-refractivity contribution in [2.45, 2.75) is 72.1 Å². The van der Waals surface area contributed by atoms with Crippen molar-refractivity contribution in [1.82, 2.24) is 0 Å². The molecule has 0 saturated carbocycles. The second-order valence-electron chi connectivity index (χ2n) is 6.31. The van der Waals surface area contributed by atoms with Crippen molar-refractivity contribution in [3.63, 3.8) is 0 Å². The van der Waals surface area contributed by atoms with Gasteiger partial charge in [0.15, 0.2) is 0 Å². The third-order valence-corrected chi connectivity index (χ3v) is 5.42. The van der Waals surface area contributed by atoms with Crippen molar-refractivity contribution >= 4 is 8.58 Å². The van der Waals surface area contributed by atoms with Crippen molar-refractivity contribution in [3.05, 3.63) is 0 Å². The van der Waals surface area contributed by atoms with E-state index in [4.69, 9.17) is 0 Å². The Hall–Kier alpha value is 0.430. The summed E-state index contributed by atoms with van der Waals surface area (Å²) in [5, 5.41) is 0.962. The van der Waals surface area contributed by atoms with Gasteiger partial charge in [0.05, 0.1) is 0 Å². The van der Waals surface area contributed by atoms with Crippen LogP contribution < -0.4 is 0 Å². The number of hydrogen-bond donors (Lipinski definition) is 0. The van der Waals surface area contributed by atoms with Crippen LogP contribution in [0.25, 0.3) is 0 Å². The molecule has 0 aromatic rings. The van der Waals surface area contributed by atoms with Gasteiger partial charge in [-0.15, -0.1) is 8.58 Å². The van der Waals surface area contributed by atoms with Crippen LogP contribution in [0.5, 0.6) is 0 Å². The van der Waals surface area contributed by atoms with E-state index in [2.05, 4.69) is 55.4 Å². The van der Waals surface area contributed by atoms with Gasteiger partial charge in [0.25, 0.3) is 0 Å². The number of rotatable bonds is 2. The molecule has 2 unspecified atom stereocenters. The molecule has 0 amide bonds. The Labute approximate surface area is 86.7 Å². The van der Waals surface area contributed by atoms with Crippen LogP contribution in [-0.2, 0) is 0 Å². The molecule has 80 valence electrons. The molecule has 0 aromatic carbocycles. The highest BCUT2D eigenvalue weighted by Crippen LogP contribution is 2.53. The fraction of sp³-hybridized carbons (Fsp3) is 1.00. The van der Waals surface area contributed by atoms with E-state index >= 15 is 0 Å². The minimum absolute atomic E-state index is 0.424. The van der Waals surface area contributed by atoms with E-state index in [1.54, 1.807) is 0 Å². The van der Waals surface area contributed by atoms with Gasteiger partial charge in [0.2, 0.25) is 0 Å². The molecule has 0 aliphatic carbocycles. The Balaban J connectivity index is 4.67. The van der Waals surface area contributed by atoms with Crippen LogP contribution in [0.4, 0.5) is 0 Å². The van der Waals surface area contributed by atoms with E-state index in [1.807, 2.05) is 0 Å². The minimum atomic E-state index is 0.424. The Morgan fingerprint density at radius 3 is 1.31 bits per heavy atom. The summed E-state index contributed by atoms with van der Waals surface area (Å²) in [6.45, 7) is 18.9. The topological polar surface area (TPSA) is 0 Å². The lowest BCUT2D eigenvalue weighted by molar-refractivity contribution is 0.286. The largest absolute Gasteiger partial charge is 0.110 e. The molecule has 0 fully saturated rings. The van der Waals surface area contributed by atoms with E-state index in [9.17, 15) is 0 Å².